The van der Waals surface area contributed by atoms with Gasteiger partial charge < -0.3 is 10.0 Å². The fourth-order valence-corrected chi connectivity index (χ4v) is 2.50. The number of alkyl halides is 1. The summed E-state index contributed by atoms with van der Waals surface area (Å²) < 4.78 is 0. The van der Waals surface area contributed by atoms with Gasteiger partial charge in [0.1, 0.15) is 5.75 Å². The molecule has 0 bridgehead atoms. The molecule has 0 saturated carbocycles. The highest BCUT2D eigenvalue weighted by Crippen LogP contribution is 2.30. The van der Waals surface area contributed by atoms with E-state index in [0.717, 1.165) is 16.8 Å². The molecule has 2 rings (SSSR count). The van der Waals surface area contributed by atoms with E-state index in [0.29, 0.717) is 6.42 Å². The van der Waals surface area contributed by atoms with Crippen LogP contribution in [0.25, 0.3) is 5.70 Å². The Hall–Kier alpha value is -1.29. The van der Waals surface area contributed by atoms with Crippen LogP contribution in [0.3, 0.4) is 0 Å². The molecule has 1 aromatic rings. The number of phenols is 1. The van der Waals surface area contributed by atoms with Gasteiger partial charge in [0.05, 0.1) is 4.83 Å². The minimum Gasteiger partial charge on any atom is -0.508 e. The fraction of sp³-hybridized carbons (Fsp3) is 0.308. The number of phenolic OH excluding ortho intramolecular Hbond substituents is 1. The third kappa shape index (κ3) is 2.22. The zero-order valence-corrected chi connectivity index (χ0v) is 11.4. The first-order chi connectivity index (χ1) is 8.00. The Morgan fingerprint density at radius 2 is 2.18 bits per heavy atom. The number of nitrogens with zero attached hydrogens (tertiary/aromatic N) is 1. The van der Waals surface area contributed by atoms with Crippen molar-refractivity contribution >= 4 is 27.5 Å². The average molecular weight is 296 g/mol. The lowest BCUT2D eigenvalue weighted by molar-refractivity contribution is -0.126. The molecule has 0 fully saturated rings. The number of carbonyl (C=O) groups is 1. The molecule has 1 N–H and O–H groups in total. The fourth-order valence-electron chi connectivity index (χ4n) is 2.01. The van der Waals surface area contributed by atoms with E-state index < -0.39 is 0 Å². The number of aryl methyl sites for hydroxylation is 1. The van der Waals surface area contributed by atoms with Gasteiger partial charge in [0.15, 0.2) is 0 Å². The number of allylic oxidation sites excluding steroid dienone is 1. The molecule has 1 unspecified atom stereocenters. The molecule has 1 aliphatic heterocycles. The van der Waals surface area contributed by atoms with Gasteiger partial charge in [-0.15, -0.1) is 0 Å². The van der Waals surface area contributed by atoms with Crippen LogP contribution in [0.5, 0.6) is 5.75 Å². The molecule has 17 heavy (non-hydrogen) atoms. The number of hydrogen-bond acceptors (Lipinski definition) is 2. The Bertz CT molecular complexity index is 496. The van der Waals surface area contributed by atoms with Crippen molar-refractivity contribution in [3.05, 3.63) is 35.4 Å². The van der Waals surface area contributed by atoms with Gasteiger partial charge in [-0.1, -0.05) is 22.0 Å². The first-order valence-electron chi connectivity index (χ1n) is 5.42. The number of amides is 1. The Kier molecular flexibility index (Phi) is 3.24. The molecule has 0 radical (unpaired) electrons. The van der Waals surface area contributed by atoms with E-state index >= 15 is 0 Å². The maximum absolute atomic E-state index is 11.9. The normalized spacial score (nSPS) is 20.4. The second-order valence-electron chi connectivity index (χ2n) is 4.19. The van der Waals surface area contributed by atoms with E-state index in [1.807, 2.05) is 19.1 Å². The summed E-state index contributed by atoms with van der Waals surface area (Å²) in [6.07, 6.45) is 2.74. The van der Waals surface area contributed by atoms with Crippen molar-refractivity contribution in [3.8, 4) is 5.75 Å². The molecule has 1 amide bonds. The molecule has 0 aromatic heterocycles. The number of aromatic hydroxyl groups is 1. The molecule has 90 valence electrons. The molecule has 3 nitrogen and oxygen atoms in total. The standard InChI is InChI=1S/C13H14BrNO2/c1-8-7-9(16)3-4-10(8)12-6-5-11(14)13(17)15(12)2/h3-4,6-7,11,16H,5H2,1-2H3. The van der Waals surface area contributed by atoms with Gasteiger partial charge in [0, 0.05) is 18.3 Å². The van der Waals surface area contributed by atoms with Crippen LogP contribution in [0.4, 0.5) is 0 Å². The van der Waals surface area contributed by atoms with Crippen LogP contribution in [-0.2, 0) is 4.79 Å². The molecule has 4 heteroatoms. The van der Waals surface area contributed by atoms with Crippen molar-refractivity contribution in [1.82, 2.24) is 4.90 Å². The lowest BCUT2D eigenvalue weighted by atomic mass is 10.0. The molecular formula is C13H14BrNO2. The number of benzene rings is 1. The van der Waals surface area contributed by atoms with E-state index in [2.05, 4.69) is 15.9 Å². The Morgan fingerprint density at radius 1 is 1.47 bits per heavy atom. The van der Waals surface area contributed by atoms with Crippen LogP contribution in [0.15, 0.2) is 24.3 Å². The van der Waals surface area contributed by atoms with Crippen molar-refractivity contribution in [3.63, 3.8) is 0 Å². The van der Waals surface area contributed by atoms with Gasteiger partial charge in [-0.25, -0.2) is 0 Å². The van der Waals surface area contributed by atoms with Crippen molar-refractivity contribution in [1.29, 1.82) is 0 Å². The summed E-state index contributed by atoms with van der Waals surface area (Å²) in [5.74, 6) is 0.310. The average Bonchev–Trinajstić information content (AvgIpc) is 2.28. The quantitative estimate of drug-likeness (QED) is 0.809. The Labute approximate surface area is 109 Å². The van der Waals surface area contributed by atoms with Gasteiger partial charge in [0.25, 0.3) is 0 Å². The third-order valence-electron chi connectivity index (χ3n) is 2.96. The van der Waals surface area contributed by atoms with E-state index in [9.17, 15) is 9.90 Å². The summed E-state index contributed by atoms with van der Waals surface area (Å²) in [5, 5.41) is 9.39. The number of halogens is 1. The van der Waals surface area contributed by atoms with Crippen LogP contribution in [0.1, 0.15) is 17.5 Å². The van der Waals surface area contributed by atoms with Crippen LogP contribution in [-0.4, -0.2) is 27.8 Å². The summed E-state index contributed by atoms with van der Waals surface area (Å²) in [4.78, 5) is 13.4. The first kappa shape index (κ1) is 12.2. The smallest absolute Gasteiger partial charge is 0.240 e. The summed E-state index contributed by atoms with van der Waals surface area (Å²) in [6, 6.07) is 5.19. The second-order valence-corrected chi connectivity index (χ2v) is 5.29. The minimum atomic E-state index is -0.131. The number of rotatable bonds is 1. The molecule has 1 aromatic carbocycles. The summed E-state index contributed by atoms with van der Waals surface area (Å²) in [6.45, 7) is 1.93. The largest absolute Gasteiger partial charge is 0.508 e. The molecule has 0 spiro atoms. The summed E-state index contributed by atoms with van der Waals surface area (Å²) in [5.41, 5.74) is 2.85. The molecule has 0 aliphatic carbocycles. The molecular weight excluding hydrogens is 282 g/mol. The monoisotopic (exact) mass is 295 g/mol. The minimum absolute atomic E-state index is 0.0648. The molecule has 1 heterocycles. The maximum atomic E-state index is 11.9. The van der Waals surface area contributed by atoms with Gasteiger partial charge in [-0.3, -0.25) is 4.79 Å². The van der Waals surface area contributed by atoms with Crippen LogP contribution < -0.4 is 0 Å². The van der Waals surface area contributed by atoms with Gasteiger partial charge >= 0.3 is 0 Å². The van der Waals surface area contributed by atoms with E-state index in [1.54, 1.807) is 24.1 Å². The maximum Gasteiger partial charge on any atom is 0.240 e. The lowest BCUT2D eigenvalue weighted by Crippen LogP contribution is -2.35. The Balaban J connectivity index is 2.43. The van der Waals surface area contributed by atoms with E-state index in [-0.39, 0.29) is 16.5 Å². The third-order valence-corrected chi connectivity index (χ3v) is 3.73. The molecule has 1 aliphatic rings. The lowest BCUT2D eigenvalue weighted by Gasteiger charge is -2.28. The van der Waals surface area contributed by atoms with Crippen molar-refractivity contribution in [2.24, 2.45) is 0 Å². The number of carbonyl (C=O) groups excluding carboxylic acids is 1. The summed E-state index contributed by atoms with van der Waals surface area (Å²) >= 11 is 3.35. The summed E-state index contributed by atoms with van der Waals surface area (Å²) in [7, 11) is 1.77. The zero-order chi connectivity index (χ0) is 12.6. The predicted molar refractivity (Wildman–Crippen MR) is 70.9 cm³/mol. The van der Waals surface area contributed by atoms with E-state index in [4.69, 9.17) is 0 Å². The molecule has 1 atom stereocenters. The van der Waals surface area contributed by atoms with Gasteiger partial charge in [-0.05, 0) is 37.1 Å². The van der Waals surface area contributed by atoms with Gasteiger partial charge in [0.2, 0.25) is 5.91 Å². The van der Waals surface area contributed by atoms with Crippen LogP contribution >= 0.6 is 15.9 Å². The van der Waals surface area contributed by atoms with Crippen LogP contribution in [0.2, 0.25) is 0 Å². The van der Waals surface area contributed by atoms with E-state index in [1.165, 1.54) is 0 Å². The number of hydrogen-bond donors (Lipinski definition) is 1. The van der Waals surface area contributed by atoms with Crippen molar-refractivity contribution in [2.75, 3.05) is 7.05 Å². The first-order valence-corrected chi connectivity index (χ1v) is 6.34. The predicted octanol–water partition coefficient (Wildman–Crippen LogP) is 2.67. The SMILES string of the molecule is Cc1cc(O)ccc1C1=CCC(Br)C(=O)N1C. The topological polar surface area (TPSA) is 40.5 Å². The molecule has 0 saturated heterocycles. The highest BCUT2D eigenvalue weighted by Gasteiger charge is 2.26. The Morgan fingerprint density at radius 3 is 2.82 bits per heavy atom. The van der Waals surface area contributed by atoms with Crippen LogP contribution in [0, 0.1) is 6.92 Å². The highest BCUT2D eigenvalue weighted by atomic mass is 79.9. The highest BCUT2D eigenvalue weighted by molar-refractivity contribution is 9.10. The van der Waals surface area contributed by atoms with Gasteiger partial charge in [-0.2, -0.15) is 0 Å². The van der Waals surface area contributed by atoms with Crippen molar-refractivity contribution < 1.29 is 9.90 Å². The second kappa shape index (κ2) is 4.53. The van der Waals surface area contributed by atoms with Crippen molar-refractivity contribution in [2.45, 2.75) is 18.2 Å². The zero-order valence-electron chi connectivity index (χ0n) is 9.77.